The van der Waals surface area contributed by atoms with E-state index in [2.05, 4.69) is 0 Å². The van der Waals surface area contributed by atoms with Crippen LogP contribution in [0, 0.1) is 0 Å². The molecule has 0 fully saturated rings. The van der Waals surface area contributed by atoms with Gasteiger partial charge in [-0.05, 0) is 25.0 Å². The highest BCUT2D eigenvalue weighted by molar-refractivity contribution is 7.89. The van der Waals surface area contributed by atoms with E-state index in [1.165, 1.54) is 23.5 Å². The van der Waals surface area contributed by atoms with E-state index in [-0.39, 0.29) is 16.6 Å². The molecule has 0 unspecified atom stereocenters. The van der Waals surface area contributed by atoms with Crippen molar-refractivity contribution in [2.75, 3.05) is 19.9 Å². The van der Waals surface area contributed by atoms with Gasteiger partial charge in [0.1, 0.15) is 10.6 Å². The highest BCUT2D eigenvalue weighted by Gasteiger charge is 2.27. The molecule has 0 radical (unpaired) electrons. The lowest BCUT2D eigenvalue weighted by Crippen LogP contribution is -2.36. The maximum Gasteiger partial charge on any atom is 0.245 e. The molecule has 0 saturated heterocycles. The van der Waals surface area contributed by atoms with Gasteiger partial charge >= 0.3 is 0 Å². The summed E-state index contributed by atoms with van der Waals surface area (Å²) in [5.41, 5.74) is 6.02. The topological polar surface area (TPSA) is 72.6 Å². The standard InChI is InChI=1S/C13H22N2O3S/c1-5-10(6-2)15(3)19(16,17)13-8-7-11(18-4)9-12(13)14/h7-10H,5-6,14H2,1-4H3. The number of anilines is 1. The Morgan fingerprint density at radius 2 is 1.89 bits per heavy atom. The van der Waals surface area contributed by atoms with Crippen molar-refractivity contribution in [2.24, 2.45) is 0 Å². The summed E-state index contributed by atoms with van der Waals surface area (Å²) in [7, 11) is -0.458. The van der Waals surface area contributed by atoms with Crippen LogP contribution in [0.25, 0.3) is 0 Å². The number of hydrogen-bond acceptors (Lipinski definition) is 4. The Balaban J connectivity index is 3.20. The molecular formula is C13H22N2O3S. The first-order chi connectivity index (χ1) is 8.88. The van der Waals surface area contributed by atoms with E-state index in [9.17, 15) is 8.42 Å². The molecule has 0 aliphatic carbocycles. The molecule has 0 amide bonds. The van der Waals surface area contributed by atoms with E-state index in [4.69, 9.17) is 10.5 Å². The van der Waals surface area contributed by atoms with Gasteiger partial charge in [-0.25, -0.2) is 8.42 Å². The van der Waals surface area contributed by atoms with Gasteiger partial charge in [-0.3, -0.25) is 0 Å². The monoisotopic (exact) mass is 286 g/mol. The fourth-order valence-corrected chi connectivity index (χ4v) is 3.64. The number of hydrogen-bond donors (Lipinski definition) is 1. The molecule has 0 aliphatic rings. The van der Waals surface area contributed by atoms with Crippen molar-refractivity contribution >= 4 is 15.7 Å². The number of nitrogens with zero attached hydrogens (tertiary/aromatic N) is 1. The van der Waals surface area contributed by atoms with Crippen LogP contribution in [0.3, 0.4) is 0 Å². The Morgan fingerprint density at radius 1 is 1.32 bits per heavy atom. The average molecular weight is 286 g/mol. The smallest absolute Gasteiger partial charge is 0.245 e. The van der Waals surface area contributed by atoms with Crippen LogP contribution in [-0.2, 0) is 10.0 Å². The Bertz CT molecular complexity index is 525. The van der Waals surface area contributed by atoms with Gasteiger partial charge in [0.25, 0.3) is 0 Å². The van der Waals surface area contributed by atoms with E-state index in [1.807, 2.05) is 13.8 Å². The first-order valence-electron chi connectivity index (χ1n) is 6.30. The second kappa shape index (κ2) is 6.25. The van der Waals surface area contributed by atoms with E-state index in [0.29, 0.717) is 5.75 Å². The molecule has 0 spiro atoms. The summed E-state index contributed by atoms with van der Waals surface area (Å²) >= 11 is 0. The molecule has 1 aromatic carbocycles. The molecular weight excluding hydrogens is 264 g/mol. The zero-order valence-electron chi connectivity index (χ0n) is 11.9. The predicted molar refractivity (Wildman–Crippen MR) is 76.7 cm³/mol. The largest absolute Gasteiger partial charge is 0.497 e. The summed E-state index contributed by atoms with van der Waals surface area (Å²) < 4.78 is 31.5. The summed E-state index contributed by atoms with van der Waals surface area (Å²) in [4.78, 5) is 0.128. The highest BCUT2D eigenvalue weighted by atomic mass is 32.2. The van der Waals surface area contributed by atoms with E-state index in [1.54, 1.807) is 13.1 Å². The van der Waals surface area contributed by atoms with Gasteiger partial charge in [-0.2, -0.15) is 4.31 Å². The van der Waals surface area contributed by atoms with Crippen molar-refractivity contribution in [1.82, 2.24) is 4.31 Å². The van der Waals surface area contributed by atoms with Crippen molar-refractivity contribution in [3.8, 4) is 5.75 Å². The lowest BCUT2D eigenvalue weighted by molar-refractivity contribution is 0.350. The third-order valence-corrected chi connectivity index (χ3v) is 5.31. The molecule has 0 bridgehead atoms. The maximum atomic E-state index is 12.5. The molecule has 5 nitrogen and oxygen atoms in total. The van der Waals surface area contributed by atoms with Gasteiger partial charge < -0.3 is 10.5 Å². The Labute approximate surface area is 115 Å². The number of nitrogens with two attached hydrogens (primary N) is 1. The number of nitrogen functional groups attached to an aromatic ring is 1. The average Bonchev–Trinajstić information content (AvgIpc) is 2.39. The number of ether oxygens (including phenoxy) is 1. The molecule has 108 valence electrons. The molecule has 0 heterocycles. The first kappa shape index (κ1) is 15.8. The molecule has 0 aromatic heterocycles. The van der Waals surface area contributed by atoms with Gasteiger partial charge in [-0.1, -0.05) is 13.8 Å². The van der Waals surface area contributed by atoms with Crippen molar-refractivity contribution in [2.45, 2.75) is 37.6 Å². The number of sulfonamides is 1. The van der Waals surface area contributed by atoms with Gasteiger partial charge in [0.05, 0.1) is 12.8 Å². The molecule has 0 saturated carbocycles. The van der Waals surface area contributed by atoms with Gasteiger partial charge in [-0.15, -0.1) is 0 Å². The third-order valence-electron chi connectivity index (χ3n) is 3.33. The zero-order valence-corrected chi connectivity index (χ0v) is 12.7. The summed E-state index contributed by atoms with van der Waals surface area (Å²) in [6.45, 7) is 3.94. The summed E-state index contributed by atoms with van der Waals surface area (Å²) in [5.74, 6) is 0.543. The second-order valence-corrected chi connectivity index (χ2v) is 6.36. The zero-order chi connectivity index (χ0) is 14.6. The SMILES string of the molecule is CCC(CC)N(C)S(=O)(=O)c1ccc(OC)cc1N. The lowest BCUT2D eigenvalue weighted by Gasteiger charge is -2.26. The molecule has 0 atom stereocenters. The maximum absolute atomic E-state index is 12.5. The second-order valence-electron chi connectivity index (χ2n) is 4.40. The molecule has 1 rings (SSSR count). The number of benzene rings is 1. The normalized spacial score (nSPS) is 12.1. The van der Waals surface area contributed by atoms with Crippen LogP contribution in [0.5, 0.6) is 5.75 Å². The highest BCUT2D eigenvalue weighted by Crippen LogP contribution is 2.27. The minimum absolute atomic E-state index is 0.0218. The minimum Gasteiger partial charge on any atom is -0.497 e. The van der Waals surface area contributed by atoms with Crippen LogP contribution in [0.1, 0.15) is 26.7 Å². The van der Waals surface area contributed by atoms with Crippen molar-refractivity contribution in [3.05, 3.63) is 18.2 Å². The molecule has 19 heavy (non-hydrogen) atoms. The fraction of sp³-hybridized carbons (Fsp3) is 0.538. The Morgan fingerprint density at radius 3 is 2.32 bits per heavy atom. The molecule has 2 N–H and O–H groups in total. The fourth-order valence-electron chi connectivity index (χ4n) is 2.04. The Kier molecular flexibility index (Phi) is 5.20. The van der Waals surface area contributed by atoms with Crippen LogP contribution in [0.15, 0.2) is 23.1 Å². The summed E-state index contributed by atoms with van der Waals surface area (Å²) in [6.07, 6.45) is 1.53. The predicted octanol–water partition coefficient (Wildman–Crippen LogP) is 2.09. The summed E-state index contributed by atoms with van der Waals surface area (Å²) in [5, 5.41) is 0. The summed E-state index contributed by atoms with van der Waals surface area (Å²) in [6, 6.07) is 4.59. The van der Waals surface area contributed by atoms with E-state index < -0.39 is 10.0 Å². The van der Waals surface area contributed by atoms with Crippen LogP contribution >= 0.6 is 0 Å². The van der Waals surface area contributed by atoms with E-state index >= 15 is 0 Å². The minimum atomic E-state index is -3.57. The van der Waals surface area contributed by atoms with Crippen molar-refractivity contribution < 1.29 is 13.2 Å². The Hall–Kier alpha value is -1.27. The van der Waals surface area contributed by atoms with Gasteiger partial charge in [0, 0.05) is 19.2 Å². The molecule has 1 aromatic rings. The number of rotatable bonds is 6. The quantitative estimate of drug-likeness (QED) is 0.813. The van der Waals surface area contributed by atoms with Crippen LogP contribution in [0.2, 0.25) is 0 Å². The van der Waals surface area contributed by atoms with Crippen molar-refractivity contribution in [1.29, 1.82) is 0 Å². The van der Waals surface area contributed by atoms with Crippen LogP contribution in [-0.4, -0.2) is 32.9 Å². The van der Waals surface area contributed by atoms with Crippen molar-refractivity contribution in [3.63, 3.8) is 0 Å². The third kappa shape index (κ3) is 3.19. The van der Waals surface area contributed by atoms with Gasteiger partial charge in [0.15, 0.2) is 0 Å². The van der Waals surface area contributed by atoms with Gasteiger partial charge in [0.2, 0.25) is 10.0 Å². The number of methoxy groups -OCH3 is 1. The molecule has 0 aliphatic heterocycles. The molecule has 6 heteroatoms. The van der Waals surface area contributed by atoms with Crippen LogP contribution < -0.4 is 10.5 Å². The van der Waals surface area contributed by atoms with E-state index in [0.717, 1.165) is 12.8 Å². The first-order valence-corrected chi connectivity index (χ1v) is 7.74. The lowest BCUT2D eigenvalue weighted by atomic mass is 10.2. The van der Waals surface area contributed by atoms with Crippen LogP contribution in [0.4, 0.5) is 5.69 Å².